The summed E-state index contributed by atoms with van der Waals surface area (Å²) in [5, 5.41) is 5.39. The van der Waals surface area contributed by atoms with Gasteiger partial charge in [0.1, 0.15) is 5.75 Å². The molecule has 21 heavy (non-hydrogen) atoms. The second kappa shape index (κ2) is 7.64. The van der Waals surface area contributed by atoms with Crippen molar-refractivity contribution in [2.24, 2.45) is 11.7 Å². The first-order chi connectivity index (χ1) is 9.83. The molecule has 0 saturated carbocycles. The van der Waals surface area contributed by atoms with Gasteiger partial charge in [-0.3, -0.25) is 9.59 Å². The molecule has 1 rings (SSSR count). The molecule has 6 heteroatoms. The standard InChI is InChI=1S/C15H23N3O3/c1-9(2)7-12(16)15(20)18-13-8-11(17-10(3)19)5-6-14(13)21-4/h5-6,8-9,12H,7,16H2,1-4H3,(H,17,19)(H,18,20). The third-order valence-corrected chi connectivity index (χ3v) is 2.84. The van der Waals surface area contributed by atoms with Gasteiger partial charge in [-0.25, -0.2) is 0 Å². The largest absolute Gasteiger partial charge is 0.495 e. The summed E-state index contributed by atoms with van der Waals surface area (Å²) in [5.41, 5.74) is 6.91. The average Bonchev–Trinajstić information content (AvgIpc) is 2.37. The van der Waals surface area contributed by atoms with E-state index in [1.165, 1.54) is 14.0 Å². The highest BCUT2D eigenvalue weighted by molar-refractivity contribution is 5.97. The molecule has 0 bridgehead atoms. The Morgan fingerprint density at radius 1 is 1.29 bits per heavy atom. The number of hydrogen-bond donors (Lipinski definition) is 3. The lowest BCUT2D eigenvalue weighted by atomic mass is 10.0. The van der Waals surface area contributed by atoms with Crippen molar-refractivity contribution in [2.75, 3.05) is 17.7 Å². The van der Waals surface area contributed by atoms with Crippen molar-refractivity contribution in [3.05, 3.63) is 18.2 Å². The lowest BCUT2D eigenvalue weighted by Gasteiger charge is -2.16. The number of benzene rings is 1. The molecule has 0 aromatic heterocycles. The summed E-state index contributed by atoms with van der Waals surface area (Å²) in [6, 6.07) is 4.43. The molecule has 4 N–H and O–H groups in total. The highest BCUT2D eigenvalue weighted by Crippen LogP contribution is 2.28. The van der Waals surface area contributed by atoms with Crippen LogP contribution in [0, 0.1) is 5.92 Å². The first kappa shape index (κ1) is 17.0. The molecule has 1 aromatic rings. The number of amides is 2. The van der Waals surface area contributed by atoms with Crippen LogP contribution in [0.25, 0.3) is 0 Å². The van der Waals surface area contributed by atoms with E-state index in [-0.39, 0.29) is 11.8 Å². The number of nitrogens with two attached hydrogens (primary N) is 1. The normalized spacial score (nSPS) is 11.9. The van der Waals surface area contributed by atoms with Gasteiger partial charge in [0.25, 0.3) is 0 Å². The third-order valence-electron chi connectivity index (χ3n) is 2.84. The van der Waals surface area contributed by atoms with Gasteiger partial charge in [0.05, 0.1) is 18.8 Å². The Bertz CT molecular complexity index is 515. The number of hydrogen-bond acceptors (Lipinski definition) is 4. The minimum atomic E-state index is -0.584. The van der Waals surface area contributed by atoms with Crippen LogP contribution in [-0.2, 0) is 9.59 Å². The summed E-state index contributed by atoms with van der Waals surface area (Å²) >= 11 is 0. The molecule has 1 atom stereocenters. The lowest BCUT2D eigenvalue weighted by Crippen LogP contribution is -2.36. The van der Waals surface area contributed by atoms with E-state index < -0.39 is 6.04 Å². The summed E-state index contributed by atoms with van der Waals surface area (Å²) in [6.07, 6.45) is 0.597. The Morgan fingerprint density at radius 2 is 1.95 bits per heavy atom. The molecule has 1 unspecified atom stereocenters. The molecule has 0 spiro atoms. The van der Waals surface area contributed by atoms with E-state index in [0.29, 0.717) is 29.5 Å². The van der Waals surface area contributed by atoms with Crippen LogP contribution in [0.2, 0.25) is 0 Å². The van der Waals surface area contributed by atoms with Crippen molar-refractivity contribution < 1.29 is 14.3 Å². The molecule has 0 heterocycles. The highest BCUT2D eigenvalue weighted by atomic mass is 16.5. The summed E-state index contributed by atoms with van der Waals surface area (Å²) in [5.74, 6) is 0.378. The number of nitrogens with one attached hydrogen (secondary N) is 2. The molecular formula is C15H23N3O3. The zero-order valence-corrected chi connectivity index (χ0v) is 12.9. The third kappa shape index (κ3) is 5.43. The number of carbonyl (C=O) groups is 2. The minimum Gasteiger partial charge on any atom is -0.495 e. The van der Waals surface area contributed by atoms with E-state index in [2.05, 4.69) is 10.6 Å². The quantitative estimate of drug-likeness (QED) is 0.747. The number of ether oxygens (including phenoxy) is 1. The van der Waals surface area contributed by atoms with Crippen molar-refractivity contribution in [1.29, 1.82) is 0 Å². The molecule has 0 fully saturated rings. The maximum atomic E-state index is 12.1. The van der Waals surface area contributed by atoms with Crippen molar-refractivity contribution in [3.63, 3.8) is 0 Å². The zero-order valence-electron chi connectivity index (χ0n) is 12.9. The summed E-state index contributed by atoms with van der Waals surface area (Å²) in [4.78, 5) is 23.2. The second-order valence-electron chi connectivity index (χ2n) is 5.32. The first-order valence-electron chi connectivity index (χ1n) is 6.85. The zero-order chi connectivity index (χ0) is 16.0. The topological polar surface area (TPSA) is 93.5 Å². The van der Waals surface area contributed by atoms with Crippen molar-refractivity contribution in [2.45, 2.75) is 33.2 Å². The Morgan fingerprint density at radius 3 is 2.48 bits per heavy atom. The minimum absolute atomic E-state index is 0.186. The van der Waals surface area contributed by atoms with Gasteiger partial charge in [-0.1, -0.05) is 13.8 Å². The molecular weight excluding hydrogens is 270 g/mol. The maximum absolute atomic E-state index is 12.1. The lowest BCUT2D eigenvalue weighted by molar-refractivity contribution is -0.117. The Kier molecular flexibility index (Phi) is 6.17. The van der Waals surface area contributed by atoms with Gasteiger partial charge in [0, 0.05) is 12.6 Å². The SMILES string of the molecule is COc1ccc(NC(C)=O)cc1NC(=O)C(N)CC(C)C. The van der Waals surface area contributed by atoms with Crippen molar-refractivity contribution >= 4 is 23.2 Å². The summed E-state index contributed by atoms with van der Waals surface area (Å²) < 4.78 is 5.20. The van der Waals surface area contributed by atoms with Gasteiger partial charge in [-0.05, 0) is 30.5 Å². The monoisotopic (exact) mass is 293 g/mol. The van der Waals surface area contributed by atoms with Crippen LogP contribution in [0.4, 0.5) is 11.4 Å². The van der Waals surface area contributed by atoms with Crippen LogP contribution in [0.1, 0.15) is 27.2 Å². The van der Waals surface area contributed by atoms with E-state index >= 15 is 0 Å². The van der Waals surface area contributed by atoms with E-state index in [4.69, 9.17) is 10.5 Å². The van der Waals surface area contributed by atoms with Gasteiger partial charge >= 0.3 is 0 Å². The fraction of sp³-hybridized carbons (Fsp3) is 0.467. The van der Waals surface area contributed by atoms with Gasteiger partial charge in [-0.2, -0.15) is 0 Å². The van der Waals surface area contributed by atoms with Gasteiger partial charge < -0.3 is 21.1 Å². The molecule has 0 saturated heterocycles. The fourth-order valence-corrected chi connectivity index (χ4v) is 1.93. The molecule has 1 aromatic carbocycles. The molecule has 6 nitrogen and oxygen atoms in total. The van der Waals surface area contributed by atoms with E-state index in [9.17, 15) is 9.59 Å². The maximum Gasteiger partial charge on any atom is 0.241 e. The number of rotatable bonds is 6. The highest BCUT2D eigenvalue weighted by Gasteiger charge is 2.17. The average molecular weight is 293 g/mol. The molecule has 116 valence electrons. The Balaban J connectivity index is 2.89. The van der Waals surface area contributed by atoms with Crippen molar-refractivity contribution in [1.82, 2.24) is 0 Å². The fourth-order valence-electron chi connectivity index (χ4n) is 1.93. The summed E-state index contributed by atoms with van der Waals surface area (Å²) in [7, 11) is 1.51. The molecule has 2 amide bonds. The van der Waals surface area contributed by atoms with Crippen LogP contribution in [0.15, 0.2) is 18.2 Å². The molecule has 0 radical (unpaired) electrons. The first-order valence-corrected chi connectivity index (χ1v) is 6.85. The van der Waals surface area contributed by atoms with Crippen LogP contribution < -0.4 is 21.1 Å². The van der Waals surface area contributed by atoms with E-state index in [1.807, 2.05) is 13.8 Å². The molecule has 0 aliphatic heterocycles. The van der Waals surface area contributed by atoms with Crippen LogP contribution >= 0.6 is 0 Å². The van der Waals surface area contributed by atoms with Crippen molar-refractivity contribution in [3.8, 4) is 5.75 Å². The molecule has 0 aliphatic rings. The van der Waals surface area contributed by atoms with Gasteiger partial charge in [0.15, 0.2) is 0 Å². The second-order valence-corrected chi connectivity index (χ2v) is 5.32. The predicted molar refractivity (Wildman–Crippen MR) is 83.4 cm³/mol. The van der Waals surface area contributed by atoms with Gasteiger partial charge in [0.2, 0.25) is 11.8 Å². The number of anilines is 2. The van der Waals surface area contributed by atoms with Crippen LogP contribution in [-0.4, -0.2) is 25.0 Å². The smallest absolute Gasteiger partial charge is 0.241 e. The van der Waals surface area contributed by atoms with Gasteiger partial charge in [-0.15, -0.1) is 0 Å². The van der Waals surface area contributed by atoms with Crippen LogP contribution in [0.5, 0.6) is 5.75 Å². The number of methoxy groups -OCH3 is 1. The molecule has 0 aliphatic carbocycles. The Hall–Kier alpha value is -2.08. The van der Waals surface area contributed by atoms with E-state index in [1.54, 1.807) is 18.2 Å². The summed E-state index contributed by atoms with van der Waals surface area (Å²) in [6.45, 7) is 5.43. The van der Waals surface area contributed by atoms with E-state index in [0.717, 1.165) is 0 Å². The van der Waals surface area contributed by atoms with Crippen LogP contribution in [0.3, 0.4) is 0 Å². The predicted octanol–water partition coefficient (Wildman–Crippen LogP) is 1.97. The number of carbonyl (C=O) groups excluding carboxylic acids is 2. The Labute approximate surface area is 125 Å².